The van der Waals surface area contributed by atoms with E-state index in [-0.39, 0.29) is 6.10 Å². The fourth-order valence-corrected chi connectivity index (χ4v) is 10.6. The van der Waals surface area contributed by atoms with Crippen LogP contribution in [0.2, 0.25) is 0 Å². The Morgan fingerprint density at radius 2 is 1.89 bits per heavy atom. The van der Waals surface area contributed by atoms with Crippen LogP contribution in [0.3, 0.4) is 0 Å². The van der Waals surface area contributed by atoms with Crippen molar-refractivity contribution in [3.8, 4) is 5.75 Å². The summed E-state index contributed by atoms with van der Waals surface area (Å²) in [6, 6.07) is 5.63. The van der Waals surface area contributed by atoms with Crippen LogP contribution in [0, 0.1) is 58.2 Å². The largest absolute Gasteiger partial charge is 0.488 e. The smallest absolute Gasteiger partial charge is 0.142 e. The first-order chi connectivity index (χ1) is 17.6. The third-order valence-corrected chi connectivity index (χ3v) is 12.2. The van der Waals surface area contributed by atoms with Gasteiger partial charge in [-0.2, -0.15) is 0 Å². The summed E-state index contributed by atoms with van der Waals surface area (Å²) in [6.45, 7) is 14.8. The van der Waals surface area contributed by atoms with Gasteiger partial charge in [0.05, 0.1) is 11.8 Å². The molecule has 3 heteroatoms. The Bertz CT molecular complexity index is 1080. The molecule has 0 aromatic heterocycles. The Labute approximate surface area is 225 Å². The minimum atomic E-state index is 0.214. The lowest BCUT2D eigenvalue weighted by Crippen LogP contribution is -2.66. The Hall–Kier alpha value is -1.90. The van der Waals surface area contributed by atoms with Crippen LogP contribution in [0.15, 0.2) is 42.5 Å². The molecule has 3 nitrogen and oxygen atoms in total. The standard InChI is InChI=1S/C34H50N2O/c1-20(2)7-6-8-21(3)28-12-13-29-26-11-9-23-17-25(37-31-14-10-24(35)18-30(31)36)15-16-34(23)22(4)27(32(26)34)19-33(28,29)5/h9-11,14,18,20-21,23,25-29,32H,4,6-8,12-13,15-17,19,35-36H2,1-3,5H3/t21?,23?,25?,26?,27?,28?,29?,32-,33?,34?/m0/s1. The second-order valence-electron chi connectivity index (χ2n) is 14.4. The second kappa shape index (κ2) is 9.09. The maximum Gasteiger partial charge on any atom is 0.142 e. The lowest BCUT2D eigenvalue weighted by Gasteiger charge is -2.71. The molecule has 0 bridgehead atoms. The Balaban J connectivity index is 1.19. The van der Waals surface area contributed by atoms with Gasteiger partial charge in [-0.15, -0.1) is 0 Å². The molecule has 1 aromatic carbocycles. The summed E-state index contributed by atoms with van der Waals surface area (Å²) >= 11 is 0. The average Bonchev–Trinajstić information content (AvgIpc) is 3.21. The zero-order chi connectivity index (χ0) is 26.1. The van der Waals surface area contributed by atoms with Gasteiger partial charge < -0.3 is 16.2 Å². The van der Waals surface area contributed by atoms with Gasteiger partial charge in [0.15, 0.2) is 0 Å². The van der Waals surface area contributed by atoms with Crippen molar-refractivity contribution in [2.45, 2.75) is 91.6 Å². The summed E-state index contributed by atoms with van der Waals surface area (Å²) in [5, 5.41) is 0. The van der Waals surface area contributed by atoms with Crippen LogP contribution in [-0.4, -0.2) is 6.10 Å². The second-order valence-corrected chi connectivity index (χ2v) is 14.4. The molecule has 5 aliphatic rings. The number of benzene rings is 1. The Kier molecular flexibility index (Phi) is 6.24. The van der Waals surface area contributed by atoms with Gasteiger partial charge in [0.25, 0.3) is 0 Å². The first-order valence-electron chi connectivity index (χ1n) is 15.3. The number of hydrogen-bond acceptors (Lipinski definition) is 3. The number of fused-ring (bicyclic) bond motifs is 2. The van der Waals surface area contributed by atoms with Crippen molar-refractivity contribution in [3.63, 3.8) is 0 Å². The maximum atomic E-state index is 6.45. The van der Waals surface area contributed by atoms with E-state index in [2.05, 4.69) is 39.8 Å². The van der Waals surface area contributed by atoms with E-state index in [0.717, 1.165) is 60.0 Å². The van der Waals surface area contributed by atoms with Crippen molar-refractivity contribution in [2.75, 3.05) is 11.5 Å². The van der Waals surface area contributed by atoms with Gasteiger partial charge in [0.1, 0.15) is 5.75 Å². The predicted octanol–water partition coefficient (Wildman–Crippen LogP) is 8.27. The molecular formula is C34H50N2O. The SMILES string of the molecule is C=C1C2CC3(C)C(C(C)CCCC(C)C)CCC3C3C=CC4CC(Oc5ccc(N)cc5N)CCC14[C@H]23. The van der Waals surface area contributed by atoms with Crippen molar-refractivity contribution in [1.29, 1.82) is 0 Å². The maximum absolute atomic E-state index is 6.45. The molecule has 6 rings (SSSR count). The van der Waals surface area contributed by atoms with Gasteiger partial charge in [0, 0.05) is 11.1 Å². The highest BCUT2D eigenvalue weighted by atomic mass is 16.5. The van der Waals surface area contributed by atoms with Gasteiger partial charge in [0.2, 0.25) is 0 Å². The van der Waals surface area contributed by atoms with Crippen LogP contribution >= 0.6 is 0 Å². The number of nitrogen functional groups attached to an aromatic ring is 2. The number of nitrogens with two attached hydrogens (primary N) is 2. The van der Waals surface area contributed by atoms with E-state index in [1.54, 1.807) is 5.57 Å². The molecule has 9 unspecified atom stereocenters. The molecule has 10 atom stereocenters. The van der Waals surface area contributed by atoms with Gasteiger partial charge >= 0.3 is 0 Å². The first-order valence-corrected chi connectivity index (χ1v) is 15.3. The number of ether oxygens (including phenoxy) is 1. The average molecular weight is 503 g/mol. The highest BCUT2D eigenvalue weighted by Crippen LogP contribution is 2.77. The minimum absolute atomic E-state index is 0.214. The molecular weight excluding hydrogens is 452 g/mol. The van der Waals surface area contributed by atoms with E-state index in [1.165, 1.54) is 44.9 Å². The van der Waals surface area contributed by atoms with E-state index in [1.807, 2.05) is 18.2 Å². The third kappa shape index (κ3) is 3.80. The van der Waals surface area contributed by atoms with E-state index in [4.69, 9.17) is 22.8 Å². The fourth-order valence-electron chi connectivity index (χ4n) is 10.6. The molecule has 0 aliphatic heterocycles. The summed E-state index contributed by atoms with van der Waals surface area (Å²) in [6.07, 6.45) is 17.3. The van der Waals surface area contributed by atoms with Gasteiger partial charge in [-0.25, -0.2) is 0 Å². The van der Waals surface area contributed by atoms with Crippen LogP contribution in [-0.2, 0) is 0 Å². The highest BCUT2D eigenvalue weighted by molar-refractivity contribution is 5.60. The van der Waals surface area contributed by atoms with Crippen LogP contribution in [0.5, 0.6) is 5.75 Å². The van der Waals surface area contributed by atoms with E-state index in [9.17, 15) is 0 Å². The van der Waals surface area contributed by atoms with Gasteiger partial charge in [-0.1, -0.05) is 71.3 Å². The number of hydrogen-bond donors (Lipinski definition) is 2. The monoisotopic (exact) mass is 502 g/mol. The van der Waals surface area contributed by atoms with Crippen molar-refractivity contribution in [1.82, 2.24) is 0 Å². The molecule has 0 radical (unpaired) electrons. The van der Waals surface area contributed by atoms with Crippen LogP contribution in [0.25, 0.3) is 0 Å². The van der Waals surface area contributed by atoms with E-state index >= 15 is 0 Å². The normalized spacial score (nSPS) is 42.5. The minimum Gasteiger partial charge on any atom is -0.488 e. The molecule has 37 heavy (non-hydrogen) atoms. The number of allylic oxidation sites excluding steroid dienone is 3. The summed E-state index contributed by atoms with van der Waals surface area (Å²) < 4.78 is 6.45. The molecule has 0 saturated heterocycles. The highest BCUT2D eigenvalue weighted by Gasteiger charge is 2.70. The molecule has 5 aliphatic carbocycles. The summed E-state index contributed by atoms with van der Waals surface area (Å²) in [5.74, 6) is 7.05. The van der Waals surface area contributed by atoms with Crippen molar-refractivity contribution < 1.29 is 4.74 Å². The molecule has 4 N–H and O–H groups in total. The molecule has 1 spiro atoms. The lowest BCUT2D eigenvalue weighted by molar-refractivity contribution is -0.151. The van der Waals surface area contributed by atoms with Gasteiger partial charge in [-0.05, 0) is 109 Å². The molecule has 4 saturated carbocycles. The Morgan fingerprint density at radius 3 is 2.65 bits per heavy atom. The summed E-state index contributed by atoms with van der Waals surface area (Å²) in [7, 11) is 0. The molecule has 1 aromatic rings. The zero-order valence-corrected chi connectivity index (χ0v) is 23.7. The fraction of sp³-hybridized carbons (Fsp3) is 0.706. The quantitative estimate of drug-likeness (QED) is 0.291. The topological polar surface area (TPSA) is 61.3 Å². The summed E-state index contributed by atoms with van der Waals surface area (Å²) in [4.78, 5) is 0. The van der Waals surface area contributed by atoms with E-state index < -0.39 is 0 Å². The molecule has 0 heterocycles. The van der Waals surface area contributed by atoms with Crippen LogP contribution in [0.4, 0.5) is 11.4 Å². The van der Waals surface area contributed by atoms with Crippen LogP contribution in [0.1, 0.15) is 85.5 Å². The summed E-state index contributed by atoms with van der Waals surface area (Å²) in [5.41, 5.74) is 15.8. The van der Waals surface area contributed by atoms with Crippen LogP contribution < -0.4 is 16.2 Å². The molecule has 0 amide bonds. The predicted molar refractivity (Wildman–Crippen MR) is 155 cm³/mol. The number of rotatable bonds is 7. The Morgan fingerprint density at radius 1 is 1.08 bits per heavy atom. The van der Waals surface area contributed by atoms with Crippen molar-refractivity contribution in [2.24, 2.45) is 58.2 Å². The van der Waals surface area contributed by atoms with E-state index in [0.29, 0.717) is 28.1 Å². The zero-order valence-electron chi connectivity index (χ0n) is 23.7. The van der Waals surface area contributed by atoms with Gasteiger partial charge in [-0.3, -0.25) is 0 Å². The lowest BCUT2D eigenvalue weighted by atomic mass is 9.32. The molecule has 4 fully saturated rings. The van der Waals surface area contributed by atoms with Crippen molar-refractivity contribution in [3.05, 3.63) is 42.5 Å². The first kappa shape index (κ1) is 25.4. The molecule has 202 valence electrons. The van der Waals surface area contributed by atoms with Crippen molar-refractivity contribution >= 4 is 11.4 Å². The number of anilines is 2. The third-order valence-electron chi connectivity index (χ3n) is 12.2.